The summed E-state index contributed by atoms with van der Waals surface area (Å²) in [6.45, 7) is 13.3. The van der Waals surface area contributed by atoms with Gasteiger partial charge in [-0.15, -0.1) is 0 Å². The van der Waals surface area contributed by atoms with Crippen molar-refractivity contribution >= 4 is 101 Å². The van der Waals surface area contributed by atoms with Crippen LogP contribution in [-0.2, 0) is 104 Å². The maximum absolute atomic E-state index is 15.3. The number of carbonyl (C=O) groups is 15. The molecule has 694 valence electrons. The molecule has 0 spiro atoms. The average molecular weight is 1780 g/mol. The number of nitrogens with zero attached hydrogens (tertiary/aromatic N) is 1. The number of hydrogen-bond donors (Lipinski definition) is 23. The predicted molar refractivity (Wildman–Crippen MR) is 475 cm³/mol. The summed E-state index contributed by atoms with van der Waals surface area (Å²) in [5.41, 5.74) is 25.4. The zero-order chi connectivity index (χ0) is 94.4. The number of carboxylic acid groups (broad SMARTS) is 1. The van der Waals surface area contributed by atoms with Crippen LogP contribution < -0.4 is 97.4 Å². The second-order valence-electron chi connectivity index (χ2n) is 32.4. The minimum atomic E-state index is -1.92. The number of nitrogens with one attached hydrogen (secondary N) is 16. The van der Waals surface area contributed by atoms with Gasteiger partial charge in [-0.2, -0.15) is 0 Å². The highest BCUT2D eigenvalue weighted by Gasteiger charge is 2.41. The van der Waals surface area contributed by atoms with Crippen LogP contribution in [0, 0.1) is 28.6 Å². The van der Waals surface area contributed by atoms with Gasteiger partial charge in [-0.1, -0.05) is 170 Å². The molecule has 0 saturated carbocycles. The molecule has 39 heteroatoms. The number of hydrogen-bond acceptors (Lipinski definition) is 20. The number of amides is 14. The van der Waals surface area contributed by atoms with Crippen molar-refractivity contribution in [2.45, 2.75) is 230 Å². The molecular formula is C89H125N21O18. The van der Waals surface area contributed by atoms with E-state index in [0.717, 1.165) is 0 Å². The molecule has 0 bridgehead atoms. The normalized spacial score (nSPS) is 15.8. The fourth-order valence-corrected chi connectivity index (χ4v) is 14.1. The standard InChI is InChI=1S/C89H125N21O18/c1-9-50(5)71(91)83(123)109-73(51(6)10-2)85(125)101-62(30-21-41-97-89(94)95)76(116)103-65(46-57-32-36-59(111)37-33-57)80(120)104-64(44-55-25-16-12-17-26-55)79(119)105-66(47-58-34-38-60(112)39-35-58)81(121)107-68(48-70(90)113)77(117)98-52(7)74(114)100-61(29-20-40-96-88(92)93)75(115)102-63(43-54-23-14-11-15-24-54)78(118)106-67(45-56-27-18-13-19-28-56)82(122)108-72(49(3)4)84(124)99-53(8)86(126)110-42-22-31-69(110)87(127)128/h11-19,23-28,32-39,49-53,61-69,71-73,111-112H,9-10,20-22,29-31,40-48,91H2,1-8H3,(H2,90,113)(H,98,117)(H,99,124)(H,100,114)(H,101,125)(H,102,115)(H,103,116)(H,104,120)(H,105,119)(H,106,118)(H,107,121)(H,108,122)(H,109,123)(H,127,128)(H4,92,93,96)(H4,94,95,97)/t50-,51-,52-,53-,61-,62-,63-,64-,65-,66-,67-,68-,69-,71-,72-,73-/m0/s1. The van der Waals surface area contributed by atoms with Gasteiger partial charge in [0.2, 0.25) is 82.7 Å². The minimum Gasteiger partial charge on any atom is -0.508 e. The Morgan fingerprint density at radius 2 is 0.711 bits per heavy atom. The van der Waals surface area contributed by atoms with E-state index in [1.54, 1.807) is 126 Å². The third-order valence-corrected chi connectivity index (χ3v) is 21.9. The van der Waals surface area contributed by atoms with Gasteiger partial charge in [0.25, 0.3) is 0 Å². The molecule has 1 saturated heterocycles. The molecule has 1 fully saturated rings. The van der Waals surface area contributed by atoms with Gasteiger partial charge in [-0.3, -0.25) is 77.9 Å². The monoisotopic (exact) mass is 1780 g/mol. The molecule has 27 N–H and O–H groups in total. The summed E-state index contributed by atoms with van der Waals surface area (Å²) in [4.78, 5) is 216. The topological polar surface area (TPSA) is 640 Å². The molecule has 39 nitrogen and oxygen atoms in total. The predicted octanol–water partition coefficient (Wildman–Crippen LogP) is -0.978. The van der Waals surface area contributed by atoms with Crippen molar-refractivity contribution in [2.75, 3.05) is 19.6 Å². The molecule has 16 atom stereocenters. The van der Waals surface area contributed by atoms with Crippen LogP contribution in [0.15, 0.2) is 140 Å². The van der Waals surface area contributed by atoms with E-state index in [1.807, 2.05) is 6.92 Å². The van der Waals surface area contributed by atoms with Crippen LogP contribution in [-0.4, -0.2) is 225 Å². The van der Waals surface area contributed by atoms with Crippen LogP contribution in [0.1, 0.15) is 141 Å². The van der Waals surface area contributed by atoms with Gasteiger partial charge in [-0.05, 0) is 122 Å². The number of primary amides is 1. The van der Waals surface area contributed by atoms with Crippen LogP contribution in [0.4, 0.5) is 0 Å². The molecule has 5 aromatic carbocycles. The maximum atomic E-state index is 15.3. The number of likely N-dealkylation sites (tertiary alicyclic amines) is 1. The number of aromatic hydroxyl groups is 2. The lowest BCUT2D eigenvalue weighted by molar-refractivity contribution is -0.149. The van der Waals surface area contributed by atoms with E-state index < -0.39 is 204 Å². The zero-order valence-corrected chi connectivity index (χ0v) is 73.3. The van der Waals surface area contributed by atoms with Gasteiger partial charge in [0.15, 0.2) is 11.9 Å². The first-order valence-corrected chi connectivity index (χ1v) is 42.8. The van der Waals surface area contributed by atoms with Gasteiger partial charge < -0.3 is 118 Å². The van der Waals surface area contributed by atoms with Crippen molar-refractivity contribution in [3.05, 3.63) is 167 Å². The van der Waals surface area contributed by atoms with Gasteiger partial charge in [0, 0.05) is 51.7 Å². The van der Waals surface area contributed by atoms with Crippen LogP contribution in [0.25, 0.3) is 0 Å². The summed E-state index contributed by atoms with van der Waals surface area (Å²) in [5.74, 6) is -16.6. The first kappa shape index (κ1) is 103. The summed E-state index contributed by atoms with van der Waals surface area (Å²) < 4.78 is 0. The lowest BCUT2D eigenvalue weighted by atomic mass is 9.95. The molecular weight excluding hydrogens is 1650 g/mol. The Kier molecular flexibility index (Phi) is 41.6. The van der Waals surface area contributed by atoms with E-state index in [4.69, 9.17) is 33.8 Å². The molecule has 6 rings (SSSR count). The van der Waals surface area contributed by atoms with E-state index in [2.05, 4.69) is 74.4 Å². The molecule has 5 aromatic rings. The fourth-order valence-electron chi connectivity index (χ4n) is 14.1. The number of carbonyl (C=O) groups excluding carboxylic acids is 14. The lowest BCUT2D eigenvalue weighted by Gasteiger charge is -2.29. The molecule has 0 unspecified atom stereocenters. The Balaban J connectivity index is 1.27. The number of phenolic OH excluding ortho intramolecular Hbond substituents is 2. The van der Waals surface area contributed by atoms with E-state index in [-0.39, 0.29) is 101 Å². The Morgan fingerprint density at radius 1 is 0.391 bits per heavy atom. The summed E-state index contributed by atoms with van der Waals surface area (Å²) in [6, 6.07) is 16.1. The minimum absolute atomic E-state index is 0.0124. The highest BCUT2D eigenvalue weighted by atomic mass is 16.4. The quantitative estimate of drug-likeness (QED) is 0.0126. The first-order valence-electron chi connectivity index (χ1n) is 42.8. The van der Waals surface area contributed by atoms with Crippen molar-refractivity contribution < 1.29 is 87.2 Å². The zero-order valence-electron chi connectivity index (χ0n) is 73.3. The molecule has 0 radical (unpaired) electrons. The summed E-state index contributed by atoms with van der Waals surface area (Å²) in [5, 5.41) is 83.0. The second kappa shape index (κ2) is 51.6. The SMILES string of the molecule is CC[C@H](C)[C@H](N)C(=O)N[C@H](C(=O)N[C@@H](CCCNC(=N)N)C(=O)N[C@@H](Cc1ccc(O)cc1)C(=O)N[C@@H](Cc1ccccc1)C(=O)N[C@@H](Cc1ccc(O)cc1)C(=O)N[C@@H](CC(N)=O)C(=O)N[C@@H](C)C(=O)N[C@@H](CCCNC(=N)N)C(=O)N[C@@H](Cc1ccccc1)C(=O)N[C@@H](Cc1ccccc1)C(=O)N[C@H](C(=O)N[C@@H](C)C(=O)N1CCC[C@H]1C(=O)O)C(C)C)[C@@H](C)CC. The Morgan fingerprint density at radius 3 is 1.07 bits per heavy atom. The van der Waals surface area contributed by atoms with Gasteiger partial charge >= 0.3 is 5.97 Å². The number of benzene rings is 5. The third kappa shape index (κ3) is 34.0. The van der Waals surface area contributed by atoms with Crippen LogP contribution in [0.2, 0.25) is 0 Å². The molecule has 1 aliphatic rings. The number of aliphatic carboxylic acids is 1. The highest BCUT2D eigenvalue weighted by Crippen LogP contribution is 2.22. The Bertz CT molecular complexity index is 4610. The van der Waals surface area contributed by atoms with Gasteiger partial charge in [0.1, 0.15) is 90.0 Å². The number of carboxylic acids is 1. The van der Waals surface area contributed by atoms with E-state index >= 15 is 14.4 Å². The third-order valence-electron chi connectivity index (χ3n) is 21.9. The lowest BCUT2D eigenvalue weighted by Crippen LogP contribution is -2.62. The molecule has 0 aliphatic carbocycles. The smallest absolute Gasteiger partial charge is 0.326 e. The van der Waals surface area contributed by atoms with E-state index in [9.17, 15) is 72.9 Å². The Labute approximate surface area is 743 Å². The number of rotatable bonds is 51. The highest BCUT2D eigenvalue weighted by molar-refractivity contribution is 6.01. The number of phenols is 2. The molecule has 0 aromatic heterocycles. The van der Waals surface area contributed by atoms with Crippen LogP contribution >= 0.6 is 0 Å². The van der Waals surface area contributed by atoms with E-state index in [0.29, 0.717) is 47.1 Å². The van der Waals surface area contributed by atoms with Crippen molar-refractivity contribution in [3.8, 4) is 11.5 Å². The summed E-state index contributed by atoms with van der Waals surface area (Å²) >= 11 is 0. The van der Waals surface area contributed by atoms with Crippen LogP contribution in [0.3, 0.4) is 0 Å². The van der Waals surface area contributed by atoms with Crippen LogP contribution in [0.5, 0.6) is 11.5 Å². The molecule has 14 amide bonds. The average Bonchev–Trinajstić information content (AvgIpc) is 1.57. The number of guanidine groups is 2. The van der Waals surface area contributed by atoms with Gasteiger partial charge in [-0.25, -0.2) is 4.79 Å². The Hall–Kier alpha value is -13.8. The van der Waals surface area contributed by atoms with Gasteiger partial charge in [0.05, 0.1) is 12.5 Å². The molecule has 1 heterocycles. The van der Waals surface area contributed by atoms with Crippen molar-refractivity contribution in [1.82, 2.24) is 79.3 Å². The van der Waals surface area contributed by atoms with Crippen molar-refractivity contribution in [1.29, 1.82) is 10.8 Å². The molecule has 128 heavy (non-hydrogen) atoms. The molecule has 1 aliphatic heterocycles. The summed E-state index contributed by atoms with van der Waals surface area (Å²) in [7, 11) is 0. The summed E-state index contributed by atoms with van der Waals surface area (Å²) in [6.07, 6.45) is -0.815. The maximum Gasteiger partial charge on any atom is 0.326 e. The van der Waals surface area contributed by atoms with Crippen molar-refractivity contribution in [2.24, 2.45) is 40.7 Å². The first-order chi connectivity index (χ1) is 60.7. The van der Waals surface area contributed by atoms with Crippen molar-refractivity contribution in [3.63, 3.8) is 0 Å². The van der Waals surface area contributed by atoms with E-state index in [1.165, 1.54) is 67.3 Å². The largest absolute Gasteiger partial charge is 0.508 e. The fraction of sp³-hybridized carbons (Fsp3) is 0.472. The number of nitrogens with two attached hydrogens (primary N) is 4. The second-order valence-corrected chi connectivity index (χ2v) is 32.4.